The van der Waals surface area contributed by atoms with Crippen molar-refractivity contribution >= 4 is 28.1 Å². The molecule has 0 heterocycles. The van der Waals surface area contributed by atoms with Crippen molar-refractivity contribution in [2.45, 2.75) is 32.3 Å². The van der Waals surface area contributed by atoms with Crippen LogP contribution >= 0.6 is 0 Å². The molecule has 0 radical (unpaired) electrons. The van der Waals surface area contributed by atoms with E-state index in [2.05, 4.69) is 60.7 Å². The summed E-state index contributed by atoms with van der Waals surface area (Å²) in [6.45, 7) is 0.893. The first-order chi connectivity index (χ1) is 12.3. The van der Waals surface area contributed by atoms with E-state index in [9.17, 15) is 0 Å². The van der Waals surface area contributed by atoms with Crippen LogP contribution in [0.3, 0.4) is 0 Å². The Morgan fingerprint density at radius 2 is 1.78 bits per heavy atom. The average molecular weight is 370 g/mol. The van der Waals surface area contributed by atoms with Gasteiger partial charge in [0.2, 0.25) is 0 Å². The summed E-state index contributed by atoms with van der Waals surface area (Å²) in [6.07, 6.45) is 4.26. The number of aliphatic hydroxyl groups excluding tert-OH is 1. The molecule has 1 unspecified atom stereocenters. The van der Waals surface area contributed by atoms with Gasteiger partial charge in [-0.05, 0) is 77.3 Å². The summed E-state index contributed by atoms with van der Waals surface area (Å²) in [5, 5.41) is 11.7. The number of benzene rings is 3. The van der Waals surface area contributed by atoms with Gasteiger partial charge in [-0.25, -0.2) is 0 Å². The maximum absolute atomic E-state index is 9.13. The zero-order valence-electron chi connectivity index (χ0n) is 20.0. The van der Waals surface area contributed by atoms with Crippen molar-refractivity contribution in [2.24, 2.45) is 5.92 Å². The molecule has 0 aliphatic heterocycles. The molecule has 0 saturated heterocycles. The molecule has 3 aromatic carbocycles. The van der Waals surface area contributed by atoms with E-state index in [0.717, 1.165) is 25.0 Å². The maximum atomic E-state index is 9.13. The monoisotopic (exact) mass is 370 g/mol. The molecule has 1 aliphatic rings. The molecule has 4 rings (SSSR count). The van der Waals surface area contributed by atoms with Crippen molar-refractivity contribution in [3.05, 3.63) is 77.4 Å². The summed E-state index contributed by atoms with van der Waals surface area (Å²) in [7, 11) is 0. The quantitative estimate of drug-likeness (QED) is 0.696. The minimum atomic E-state index is 0. The first kappa shape index (κ1) is 22.1. The van der Waals surface area contributed by atoms with Crippen LogP contribution in [-0.2, 0) is 19.4 Å². The van der Waals surface area contributed by atoms with Gasteiger partial charge >= 0.3 is 36.2 Å². The normalized spacial score (nSPS) is 15.4. The second-order valence-corrected chi connectivity index (χ2v) is 7.02. The molecule has 0 bridgehead atoms. The van der Waals surface area contributed by atoms with Crippen LogP contribution in [0.15, 0.2) is 60.7 Å². The topological polar surface area (TPSA) is 29.5 Å². The molecule has 0 amide bonds. The Morgan fingerprint density at radius 3 is 2.59 bits per heavy atom. The van der Waals surface area contributed by atoms with Crippen molar-refractivity contribution in [2.75, 3.05) is 6.61 Å². The molecule has 1 N–H and O–H groups in total. The molecular weight excluding hydrogens is 342 g/mol. The minimum Gasteiger partial charge on any atom is -1.00 e. The van der Waals surface area contributed by atoms with Gasteiger partial charge in [-0.15, -0.1) is 0 Å². The van der Waals surface area contributed by atoms with Crippen LogP contribution in [0.5, 0.6) is 5.75 Å². The number of rotatable bonds is 5. The molecular formula is C23H28AlLiO2. The predicted molar refractivity (Wildman–Crippen MR) is 112 cm³/mol. The van der Waals surface area contributed by atoms with Gasteiger partial charge in [0.05, 0.1) is 0 Å². The molecule has 136 valence electrons. The molecule has 0 aromatic heterocycles. The summed E-state index contributed by atoms with van der Waals surface area (Å²) in [6, 6.07) is 21.4. The van der Waals surface area contributed by atoms with E-state index in [1.807, 2.05) is 0 Å². The number of hydrogen-bond acceptors (Lipinski definition) is 2. The fourth-order valence-electron chi connectivity index (χ4n) is 3.82. The third-order valence-electron chi connectivity index (χ3n) is 5.26. The van der Waals surface area contributed by atoms with Gasteiger partial charge < -0.3 is 15.5 Å². The Hall–Kier alpha value is -1.19. The van der Waals surface area contributed by atoms with Crippen LogP contribution < -0.4 is 23.6 Å². The number of aliphatic hydroxyl groups is 1. The molecule has 3 aromatic rings. The summed E-state index contributed by atoms with van der Waals surface area (Å²) < 4.78 is 6.04. The SMILES string of the molecule is OCCC1CCc2cc(OCc3ccc4ccccc4c3)ccc2C1.[Al+3].[H-].[H-].[H-].[H-].[Li+]. The second kappa shape index (κ2) is 10.4. The molecule has 0 fully saturated rings. The van der Waals surface area contributed by atoms with Crippen molar-refractivity contribution in [3.63, 3.8) is 0 Å². The summed E-state index contributed by atoms with van der Waals surface area (Å²) in [4.78, 5) is 0. The van der Waals surface area contributed by atoms with Crippen molar-refractivity contribution in [1.82, 2.24) is 0 Å². The molecule has 27 heavy (non-hydrogen) atoms. The van der Waals surface area contributed by atoms with Gasteiger partial charge in [0.15, 0.2) is 0 Å². The smallest absolute Gasteiger partial charge is 1.00 e. The predicted octanol–water partition coefficient (Wildman–Crippen LogP) is 1.98. The molecule has 0 saturated carbocycles. The standard InChI is InChI=1S/C23H24O2.Al.Li.4H/c24-12-11-17-5-8-22-15-23(10-9-21(22)13-17)25-16-18-6-7-19-3-1-2-4-20(19)14-18;;;;;;/h1-4,6-7,9-10,14-15,17,24H,5,8,11-13,16H2;;;;;;/q;+3;+1;4*-1. The van der Waals surface area contributed by atoms with Gasteiger partial charge in [-0.1, -0.05) is 42.5 Å². The first-order valence-electron chi connectivity index (χ1n) is 9.15. The zero-order valence-corrected chi connectivity index (χ0v) is 17.2. The molecule has 2 nitrogen and oxygen atoms in total. The van der Waals surface area contributed by atoms with E-state index in [-0.39, 0.29) is 41.9 Å². The Kier molecular flexibility index (Phi) is 8.50. The molecule has 0 spiro atoms. The van der Waals surface area contributed by atoms with Crippen LogP contribution in [-0.4, -0.2) is 29.1 Å². The summed E-state index contributed by atoms with van der Waals surface area (Å²) in [5.41, 5.74) is 4.02. The number of fused-ring (bicyclic) bond motifs is 2. The van der Waals surface area contributed by atoms with Gasteiger partial charge in [-0.3, -0.25) is 0 Å². The van der Waals surface area contributed by atoms with Crippen molar-refractivity contribution in [3.8, 4) is 5.75 Å². The zero-order chi connectivity index (χ0) is 17.1. The Labute approximate surface area is 190 Å². The van der Waals surface area contributed by atoms with E-state index in [1.54, 1.807) is 0 Å². The fourth-order valence-corrected chi connectivity index (χ4v) is 3.82. The van der Waals surface area contributed by atoms with Gasteiger partial charge in [0, 0.05) is 6.61 Å². The fraction of sp³-hybridized carbons (Fsp3) is 0.304. The van der Waals surface area contributed by atoms with Crippen LogP contribution in [0.1, 0.15) is 35.2 Å². The average Bonchev–Trinajstić information content (AvgIpc) is 2.66. The van der Waals surface area contributed by atoms with Crippen molar-refractivity contribution in [1.29, 1.82) is 0 Å². The molecule has 1 atom stereocenters. The molecule has 4 heteroatoms. The van der Waals surface area contributed by atoms with Gasteiger partial charge in [-0.2, -0.15) is 0 Å². The minimum absolute atomic E-state index is 0. The van der Waals surface area contributed by atoms with Crippen LogP contribution in [0.4, 0.5) is 0 Å². The number of ether oxygens (including phenoxy) is 1. The van der Waals surface area contributed by atoms with E-state index < -0.39 is 0 Å². The summed E-state index contributed by atoms with van der Waals surface area (Å²) in [5.74, 6) is 1.58. The van der Waals surface area contributed by atoms with Crippen LogP contribution in [0.25, 0.3) is 10.8 Å². The van der Waals surface area contributed by atoms with Crippen LogP contribution in [0.2, 0.25) is 0 Å². The third kappa shape index (κ3) is 5.42. The second-order valence-electron chi connectivity index (χ2n) is 7.02. The van der Waals surface area contributed by atoms with E-state index in [1.165, 1.54) is 33.9 Å². The van der Waals surface area contributed by atoms with Crippen LogP contribution in [0, 0.1) is 5.92 Å². The largest absolute Gasteiger partial charge is 3.00 e. The first-order valence-corrected chi connectivity index (χ1v) is 9.15. The Morgan fingerprint density at radius 1 is 0.963 bits per heavy atom. The Balaban J connectivity index is -0.00000131. The van der Waals surface area contributed by atoms with E-state index >= 15 is 0 Å². The maximum Gasteiger partial charge on any atom is 3.00 e. The van der Waals surface area contributed by atoms with E-state index in [4.69, 9.17) is 9.84 Å². The van der Waals surface area contributed by atoms with Gasteiger partial charge in [0.1, 0.15) is 12.4 Å². The molecule has 1 aliphatic carbocycles. The number of hydrogen-bond donors (Lipinski definition) is 1. The van der Waals surface area contributed by atoms with Gasteiger partial charge in [0.25, 0.3) is 0 Å². The summed E-state index contributed by atoms with van der Waals surface area (Å²) >= 11 is 0. The van der Waals surface area contributed by atoms with Crippen molar-refractivity contribution < 1.29 is 34.4 Å². The third-order valence-corrected chi connectivity index (χ3v) is 5.26. The van der Waals surface area contributed by atoms with E-state index in [0.29, 0.717) is 19.1 Å². The number of aryl methyl sites for hydroxylation is 1. The Bertz CT molecular complexity index is 898.